The van der Waals surface area contributed by atoms with Crippen LogP contribution in [-0.2, 0) is 0 Å². The fourth-order valence-corrected chi connectivity index (χ4v) is 4.08. The molecule has 2 N–H and O–H groups in total. The predicted molar refractivity (Wildman–Crippen MR) is 97.8 cm³/mol. The summed E-state index contributed by atoms with van der Waals surface area (Å²) in [6.45, 7) is 0. The molecule has 2 aliphatic carbocycles. The molecule has 2 heterocycles. The van der Waals surface area contributed by atoms with Gasteiger partial charge in [0.25, 0.3) is 5.91 Å². The van der Waals surface area contributed by atoms with Crippen molar-refractivity contribution >= 4 is 17.4 Å². The number of rotatable bonds is 4. The molecular weight excluding hydrogens is 314 g/mol. The highest BCUT2D eigenvalue weighted by atomic mass is 16.1. The van der Waals surface area contributed by atoms with E-state index in [4.69, 9.17) is 0 Å². The Balaban J connectivity index is 1.50. The predicted octanol–water partition coefficient (Wildman–Crippen LogP) is 3.54. The van der Waals surface area contributed by atoms with Gasteiger partial charge in [-0.2, -0.15) is 5.10 Å². The molecule has 0 aromatic carbocycles. The maximum absolute atomic E-state index is 12.7. The van der Waals surface area contributed by atoms with E-state index in [1.165, 1.54) is 51.4 Å². The number of hydrogen-bond donors (Lipinski definition) is 2. The lowest BCUT2D eigenvalue weighted by Crippen LogP contribution is -2.36. The van der Waals surface area contributed by atoms with Crippen molar-refractivity contribution in [1.82, 2.24) is 19.9 Å². The summed E-state index contributed by atoms with van der Waals surface area (Å²) in [4.78, 5) is 17.3. The van der Waals surface area contributed by atoms with Gasteiger partial charge in [0.2, 0.25) is 0 Å². The third-order valence-corrected chi connectivity index (χ3v) is 5.51. The Morgan fingerprint density at radius 1 is 1.00 bits per heavy atom. The van der Waals surface area contributed by atoms with E-state index in [1.54, 1.807) is 10.7 Å². The molecule has 6 nitrogen and oxygen atoms in total. The highest BCUT2D eigenvalue weighted by molar-refractivity contribution is 5.99. The molecule has 2 fully saturated rings. The average Bonchev–Trinajstić information content (AvgIpc) is 3.07. The van der Waals surface area contributed by atoms with Crippen molar-refractivity contribution in [3.63, 3.8) is 0 Å². The van der Waals surface area contributed by atoms with Crippen molar-refractivity contribution in [2.45, 2.75) is 76.3 Å². The van der Waals surface area contributed by atoms with E-state index >= 15 is 0 Å². The first-order valence-corrected chi connectivity index (χ1v) is 9.71. The monoisotopic (exact) mass is 341 g/mol. The first-order valence-electron chi connectivity index (χ1n) is 9.71. The van der Waals surface area contributed by atoms with Crippen molar-refractivity contribution in [2.24, 2.45) is 0 Å². The quantitative estimate of drug-likeness (QED) is 0.892. The van der Waals surface area contributed by atoms with Crippen LogP contribution in [-0.4, -0.2) is 32.6 Å². The van der Waals surface area contributed by atoms with Crippen molar-refractivity contribution in [2.75, 3.05) is 5.32 Å². The van der Waals surface area contributed by atoms with Crippen LogP contribution in [0.2, 0.25) is 0 Å². The number of carbonyl (C=O) groups excluding carboxylic acids is 1. The van der Waals surface area contributed by atoms with E-state index in [0.717, 1.165) is 18.7 Å². The van der Waals surface area contributed by atoms with Crippen LogP contribution >= 0.6 is 0 Å². The zero-order valence-corrected chi connectivity index (χ0v) is 14.7. The summed E-state index contributed by atoms with van der Waals surface area (Å²) in [6.07, 6.45) is 15.6. The van der Waals surface area contributed by atoms with Gasteiger partial charge in [0.05, 0.1) is 6.20 Å². The van der Waals surface area contributed by atoms with Crippen LogP contribution in [0.1, 0.15) is 74.6 Å². The molecule has 134 valence electrons. The lowest BCUT2D eigenvalue weighted by atomic mass is 9.95. The molecular formula is C19H27N5O. The Morgan fingerprint density at radius 2 is 1.68 bits per heavy atom. The van der Waals surface area contributed by atoms with Crippen molar-refractivity contribution < 1.29 is 4.79 Å². The molecule has 4 rings (SSSR count). The average molecular weight is 341 g/mol. The van der Waals surface area contributed by atoms with Gasteiger partial charge in [-0.1, -0.05) is 38.5 Å². The lowest BCUT2D eigenvalue weighted by Gasteiger charge is -2.23. The molecule has 0 aliphatic heterocycles. The van der Waals surface area contributed by atoms with Gasteiger partial charge in [0.1, 0.15) is 11.4 Å². The normalized spacial score (nSPS) is 19.8. The Labute approximate surface area is 148 Å². The summed E-state index contributed by atoms with van der Waals surface area (Å²) in [7, 11) is 0. The number of nitrogens with zero attached hydrogens (tertiary/aromatic N) is 3. The number of amides is 1. The summed E-state index contributed by atoms with van der Waals surface area (Å²) in [6, 6.07) is 2.73. The Bertz CT molecular complexity index is 728. The maximum atomic E-state index is 12.7. The summed E-state index contributed by atoms with van der Waals surface area (Å²) >= 11 is 0. The second-order valence-electron chi connectivity index (χ2n) is 7.43. The van der Waals surface area contributed by atoms with Crippen LogP contribution in [0.3, 0.4) is 0 Å². The maximum Gasteiger partial charge on any atom is 0.256 e. The Hall–Kier alpha value is -2.11. The summed E-state index contributed by atoms with van der Waals surface area (Å²) in [5.41, 5.74) is 1.20. The van der Waals surface area contributed by atoms with Gasteiger partial charge >= 0.3 is 0 Å². The molecule has 2 aliphatic rings. The third-order valence-electron chi connectivity index (χ3n) is 5.51. The van der Waals surface area contributed by atoms with Crippen molar-refractivity contribution in [3.8, 4) is 0 Å². The van der Waals surface area contributed by atoms with Crippen LogP contribution in [0.15, 0.2) is 18.5 Å². The van der Waals surface area contributed by atoms with Crippen LogP contribution < -0.4 is 10.6 Å². The number of fused-ring (bicyclic) bond motifs is 1. The third kappa shape index (κ3) is 3.78. The Morgan fingerprint density at radius 3 is 2.40 bits per heavy atom. The largest absolute Gasteiger partial charge is 0.367 e. The van der Waals surface area contributed by atoms with Crippen molar-refractivity contribution in [3.05, 3.63) is 24.0 Å². The molecule has 0 saturated heterocycles. The minimum Gasteiger partial charge on any atom is -0.367 e. The zero-order valence-electron chi connectivity index (χ0n) is 14.7. The van der Waals surface area contributed by atoms with E-state index in [9.17, 15) is 4.79 Å². The van der Waals surface area contributed by atoms with Gasteiger partial charge in [0.15, 0.2) is 5.65 Å². The molecule has 0 atom stereocenters. The van der Waals surface area contributed by atoms with Gasteiger partial charge in [-0.25, -0.2) is 9.50 Å². The molecule has 0 spiro atoms. The molecule has 1 amide bonds. The van der Waals surface area contributed by atoms with Gasteiger partial charge in [-0.3, -0.25) is 4.79 Å². The summed E-state index contributed by atoms with van der Waals surface area (Å²) < 4.78 is 1.68. The fraction of sp³-hybridized carbons (Fsp3) is 0.632. The minimum absolute atomic E-state index is 0.0517. The van der Waals surface area contributed by atoms with E-state index < -0.39 is 0 Å². The van der Waals surface area contributed by atoms with E-state index in [0.29, 0.717) is 23.3 Å². The first kappa shape index (κ1) is 16.4. The molecule has 0 unspecified atom stereocenters. The topological polar surface area (TPSA) is 71.3 Å². The van der Waals surface area contributed by atoms with Crippen LogP contribution in [0.4, 0.5) is 5.82 Å². The van der Waals surface area contributed by atoms with E-state index in [-0.39, 0.29) is 5.91 Å². The number of anilines is 1. The van der Waals surface area contributed by atoms with Crippen LogP contribution in [0.5, 0.6) is 0 Å². The Kier molecular flexibility index (Phi) is 4.85. The smallest absolute Gasteiger partial charge is 0.256 e. The lowest BCUT2D eigenvalue weighted by molar-refractivity contribution is 0.0929. The first-order chi connectivity index (χ1) is 12.3. The number of nitrogens with one attached hydrogen (secondary N) is 2. The molecule has 0 radical (unpaired) electrons. The summed E-state index contributed by atoms with van der Waals surface area (Å²) in [5.74, 6) is 0.788. The molecule has 25 heavy (non-hydrogen) atoms. The molecule has 0 bridgehead atoms. The number of aromatic nitrogens is 3. The highest BCUT2D eigenvalue weighted by Gasteiger charge is 2.20. The van der Waals surface area contributed by atoms with Gasteiger partial charge in [-0.15, -0.1) is 0 Å². The van der Waals surface area contributed by atoms with E-state index in [2.05, 4.69) is 20.7 Å². The molecule has 2 aromatic heterocycles. The number of carbonyl (C=O) groups is 1. The minimum atomic E-state index is -0.0517. The molecule has 2 saturated carbocycles. The van der Waals surface area contributed by atoms with Crippen LogP contribution in [0, 0.1) is 0 Å². The second-order valence-corrected chi connectivity index (χ2v) is 7.43. The van der Waals surface area contributed by atoms with Crippen LogP contribution in [0.25, 0.3) is 5.65 Å². The fourth-order valence-electron chi connectivity index (χ4n) is 4.08. The van der Waals surface area contributed by atoms with Crippen molar-refractivity contribution in [1.29, 1.82) is 0 Å². The second kappa shape index (κ2) is 7.42. The highest BCUT2D eigenvalue weighted by Crippen LogP contribution is 2.22. The van der Waals surface area contributed by atoms with Gasteiger partial charge in [-0.05, 0) is 31.7 Å². The SMILES string of the molecule is O=C(NC1CCCCC1)c1cnn2ccc(NC3CCCCC3)nc12. The van der Waals surface area contributed by atoms with Gasteiger partial charge < -0.3 is 10.6 Å². The summed E-state index contributed by atoms with van der Waals surface area (Å²) in [5, 5.41) is 11.0. The molecule has 6 heteroatoms. The molecule has 2 aromatic rings. The standard InChI is InChI=1S/C19H27N5O/c25-19(22-15-9-5-2-6-10-15)16-13-20-24-12-11-17(23-18(16)24)21-14-7-3-1-4-8-14/h11-15H,1-10H2,(H,21,23)(H,22,25). The van der Waals surface area contributed by atoms with E-state index in [1.807, 2.05) is 12.3 Å². The van der Waals surface area contributed by atoms with Gasteiger partial charge in [0, 0.05) is 18.3 Å². The zero-order chi connectivity index (χ0) is 17.1. The number of hydrogen-bond acceptors (Lipinski definition) is 4.